The highest BCUT2D eigenvalue weighted by Crippen LogP contribution is 2.33. The standard InChI is InChI=1S/C35H31Cl2N3O5/c1-21(2)45-35(43)39-30-15-12-26(17-32(30)44-3)24-8-4-22(5-9-24)16-33-38-31(28-14-13-27(36)18-29(28)37)20-40(33)19-23-6-10-25(11-7-23)34(41)42/h4-15,17-18,20-21H,16,19H2,1-3H3,(H,39,43)(H,41,42). The first-order valence-corrected chi connectivity index (χ1v) is 14.9. The minimum Gasteiger partial charge on any atom is -0.495 e. The summed E-state index contributed by atoms with van der Waals surface area (Å²) < 4.78 is 12.7. The van der Waals surface area contributed by atoms with Crippen molar-refractivity contribution in [2.75, 3.05) is 12.4 Å². The summed E-state index contributed by atoms with van der Waals surface area (Å²) in [5.41, 5.74) is 6.11. The van der Waals surface area contributed by atoms with Gasteiger partial charge in [0.05, 0.1) is 35.2 Å². The molecule has 1 heterocycles. The Morgan fingerprint density at radius 2 is 1.60 bits per heavy atom. The van der Waals surface area contributed by atoms with Crippen LogP contribution in [0.25, 0.3) is 22.4 Å². The van der Waals surface area contributed by atoms with E-state index in [2.05, 4.69) is 5.32 Å². The summed E-state index contributed by atoms with van der Waals surface area (Å²) in [6.45, 7) is 4.07. The van der Waals surface area contributed by atoms with Crippen LogP contribution in [0.15, 0.2) is 91.1 Å². The Labute approximate surface area is 271 Å². The number of benzene rings is 4. The van der Waals surface area contributed by atoms with Gasteiger partial charge in [-0.3, -0.25) is 5.32 Å². The molecular weight excluding hydrogens is 613 g/mol. The first kappa shape index (κ1) is 31.6. The number of aromatic nitrogens is 2. The molecule has 0 atom stereocenters. The number of nitrogens with one attached hydrogen (secondary N) is 1. The average molecular weight is 645 g/mol. The van der Waals surface area contributed by atoms with Crippen LogP contribution in [0.2, 0.25) is 10.0 Å². The van der Waals surface area contributed by atoms with Gasteiger partial charge in [-0.25, -0.2) is 14.6 Å². The van der Waals surface area contributed by atoms with Gasteiger partial charge in [0, 0.05) is 29.7 Å². The monoisotopic (exact) mass is 643 g/mol. The number of methoxy groups -OCH3 is 1. The molecule has 10 heteroatoms. The van der Waals surface area contributed by atoms with Crippen molar-refractivity contribution in [1.82, 2.24) is 9.55 Å². The van der Waals surface area contributed by atoms with Crippen LogP contribution in [0.4, 0.5) is 10.5 Å². The third kappa shape index (κ3) is 7.84. The quantitative estimate of drug-likeness (QED) is 0.158. The van der Waals surface area contributed by atoms with Crippen LogP contribution in [0, 0.1) is 0 Å². The van der Waals surface area contributed by atoms with Crippen molar-refractivity contribution in [1.29, 1.82) is 0 Å². The van der Waals surface area contributed by atoms with E-state index in [0.717, 1.165) is 33.6 Å². The number of halogens is 2. The van der Waals surface area contributed by atoms with E-state index in [1.807, 2.05) is 53.2 Å². The second-order valence-corrected chi connectivity index (χ2v) is 11.5. The summed E-state index contributed by atoms with van der Waals surface area (Å²) in [6, 6.07) is 25.8. The molecule has 0 radical (unpaired) electrons. The Bertz CT molecular complexity index is 1830. The van der Waals surface area contributed by atoms with Crippen molar-refractivity contribution in [3.63, 3.8) is 0 Å². The fourth-order valence-corrected chi connectivity index (χ4v) is 5.34. The molecule has 8 nitrogen and oxygen atoms in total. The minimum atomic E-state index is -0.967. The summed E-state index contributed by atoms with van der Waals surface area (Å²) in [6.07, 6.45) is 1.71. The maximum Gasteiger partial charge on any atom is 0.411 e. The first-order valence-electron chi connectivity index (χ1n) is 14.2. The number of ether oxygens (including phenoxy) is 2. The largest absolute Gasteiger partial charge is 0.495 e. The van der Waals surface area contributed by atoms with E-state index in [0.29, 0.717) is 40.1 Å². The van der Waals surface area contributed by atoms with Crippen LogP contribution >= 0.6 is 23.2 Å². The highest BCUT2D eigenvalue weighted by Gasteiger charge is 2.15. The number of carboxylic acids is 1. The molecule has 45 heavy (non-hydrogen) atoms. The SMILES string of the molecule is COc1cc(-c2ccc(Cc3nc(-c4ccc(Cl)cc4Cl)cn3Cc3ccc(C(=O)O)cc3)cc2)ccc1NC(=O)OC(C)C. The molecule has 0 saturated carbocycles. The molecule has 5 aromatic rings. The summed E-state index contributed by atoms with van der Waals surface area (Å²) in [5, 5.41) is 13.0. The predicted octanol–water partition coefficient (Wildman–Crippen LogP) is 8.83. The van der Waals surface area contributed by atoms with Crippen molar-refractivity contribution >= 4 is 41.0 Å². The van der Waals surface area contributed by atoms with E-state index >= 15 is 0 Å². The number of rotatable bonds is 10. The van der Waals surface area contributed by atoms with Crippen LogP contribution in [-0.2, 0) is 17.7 Å². The van der Waals surface area contributed by atoms with Gasteiger partial charge in [0.2, 0.25) is 0 Å². The van der Waals surface area contributed by atoms with Gasteiger partial charge in [0.25, 0.3) is 0 Å². The lowest BCUT2D eigenvalue weighted by Crippen LogP contribution is -2.18. The molecular formula is C35H31Cl2N3O5. The molecule has 0 aliphatic rings. The lowest BCUT2D eigenvalue weighted by Gasteiger charge is -2.14. The second-order valence-electron chi connectivity index (χ2n) is 10.7. The molecule has 1 aromatic heterocycles. The molecule has 0 spiro atoms. The van der Waals surface area contributed by atoms with Crippen molar-refractivity contribution in [2.45, 2.75) is 32.9 Å². The van der Waals surface area contributed by atoms with Gasteiger partial charge in [-0.15, -0.1) is 0 Å². The van der Waals surface area contributed by atoms with Crippen molar-refractivity contribution in [2.24, 2.45) is 0 Å². The zero-order valence-electron chi connectivity index (χ0n) is 24.9. The van der Waals surface area contributed by atoms with Gasteiger partial charge >= 0.3 is 12.1 Å². The van der Waals surface area contributed by atoms with Gasteiger partial charge < -0.3 is 19.1 Å². The summed E-state index contributed by atoms with van der Waals surface area (Å²) in [7, 11) is 1.55. The number of carboxylic acid groups (broad SMARTS) is 1. The van der Waals surface area contributed by atoms with Crippen molar-refractivity contribution in [3.8, 4) is 28.1 Å². The number of hydrogen-bond donors (Lipinski definition) is 2. The molecule has 2 N–H and O–H groups in total. The molecule has 0 unspecified atom stereocenters. The van der Waals surface area contributed by atoms with Gasteiger partial charge in [0.1, 0.15) is 11.6 Å². The summed E-state index contributed by atoms with van der Waals surface area (Å²) in [4.78, 5) is 28.3. The van der Waals surface area contributed by atoms with E-state index in [-0.39, 0.29) is 11.7 Å². The second kappa shape index (κ2) is 13.9. The Hall–Kier alpha value is -4.79. The lowest BCUT2D eigenvalue weighted by molar-refractivity contribution is 0.0696. The number of aromatic carboxylic acids is 1. The van der Waals surface area contributed by atoms with Gasteiger partial charge in [-0.1, -0.05) is 65.7 Å². The third-order valence-corrected chi connectivity index (χ3v) is 7.60. The number of anilines is 1. The number of carbonyl (C=O) groups is 2. The maximum atomic E-state index is 12.1. The zero-order chi connectivity index (χ0) is 32.1. The van der Waals surface area contributed by atoms with Gasteiger partial charge in [-0.05, 0) is 78.6 Å². The third-order valence-electron chi connectivity index (χ3n) is 7.05. The Kier molecular flexibility index (Phi) is 9.76. The molecule has 0 bridgehead atoms. The number of hydrogen-bond acceptors (Lipinski definition) is 5. The van der Waals surface area contributed by atoms with Crippen LogP contribution in [0.3, 0.4) is 0 Å². The molecule has 0 saturated heterocycles. The van der Waals surface area contributed by atoms with Crippen molar-refractivity contribution < 1.29 is 24.2 Å². The topological polar surface area (TPSA) is 103 Å². The molecule has 230 valence electrons. The molecule has 4 aromatic carbocycles. The predicted molar refractivity (Wildman–Crippen MR) is 177 cm³/mol. The highest BCUT2D eigenvalue weighted by molar-refractivity contribution is 6.36. The zero-order valence-corrected chi connectivity index (χ0v) is 26.4. The molecule has 0 aliphatic carbocycles. The molecule has 5 rings (SSSR count). The van der Waals surface area contributed by atoms with Crippen molar-refractivity contribution in [3.05, 3.63) is 124 Å². The highest BCUT2D eigenvalue weighted by atomic mass is 35.5. The maximum absolute atomic E-state index is 12.1. The fraction of sp³-hybridized carbons (Fsp3) is 0.171. The normalized spacial score (nSPS) is 11.0. The lowest BCUT2D eigenvalue weighted by atomic mass is 10.0. The minimum absolute atomic E-state index is 0.232. The smallest absolute Gasteiger partial charge is 0.411 e. The van der Waals surface area contributed by atoms with Gasteiger partial charge in [-0.2, -0.15) is 0 Å². The number of imidazole rings is 1. The average Bonchev–Trinajstić information content (AvgIpc) is 3.38. The van der Waals surface area contributed by atoms with Crippen LogP contribution < -0.4 is 10.1 Å². The van der Waals surface area contributed by atoms with E-state index < -0.39 is 12.1 Å². The van der Waals surface area contributed by atoms with Crippen LogP contribution in [0.1, 0.15) is 41.2 Å². The number of amides is 1. The van der Waals surface area contributed by atoms with E-state index in [1.54, 1.807) is 63.4 Å². The fourth-order valence-electron chi connectivity index (χ4n) is 4.83. The number of nitrogens with zero attached hydrogens (tertiary/aromatic N) is 2. The molecule has 0 aliphatic heterocycles. The number of carbonyl (C=O) groups excluding carboxylic acids is 1. The molecule has 1 amide bonds. The first-order chi connectivity index (χ1) is 21.6. The Morgan fingerprint density at radius 1 is 0.911 bits per heavy atom. The summed E-state index contributed by atoms with van der Waals surface area (Å²) >= 11 is 12.6. The van der Waals surface area contributed by atoms with E-state index in [4.69, 9.17) is 37.7 Å². The van der Waals surface area contributed by atoms with Crippen LogP contribution in [-0.4, -0.2) is 39.9 Å². The van der Waals surface area contributed by atoms with E-state index in [1.165, 1.54) is 0 Å². The molecule has 0 fully saturated rings. The van der Waals surface area contributed by atoms with Gasteiger partial charge in [0.15, 0.2) is 0 Å². The summed E-state index contributed by atoms with van der Waals surface area (Å²) in [5.74, 6) is 0.367. The van der Waals surface area contributed by atoms with E-state index in [9.17, 15) is 14.7 Å². The Balaban J connectivity index is 1.40. The van der Waals surface area contributed by atoms with Crippen LogP contribution in [0.5, 0.6) is 5.75 Å². The Morgan fingerprint density at radius 3 is 2.24 bits per heavy atom.